The normalized spacial score (nSPS) is 23.5. The molecule has 1 aliphatic rings. The predicted octanol–water partition coefficient (Wildman–Crippen LogP) is 1.05. The summed E-state index contributed by atoms with van der Waals surface area (Å²) in [7, 11) is -3.70. The van der Waals surface area contributed by atoms with Gasteiger partial charge in [-0.05, 0) is 31.1 Å². The van der Waals surface area contributed by atoms with Gasteiger partial charge in [0.05, 0.1) is 0 Å². The van der Waals surface area contributed by atoms with Crippen LogP contribution in [0, 0.1) is 11.8 Å². The van der Waals surface area contributed by atoms with E-state index in [0.29, 0.717) is 19.0 Å². The molecular formula is C12H24N2O4S. The highest BCUT2D eigenvalue weighted by Gasteiger charge is 2.31. The standard InChI is InChI=1S/C12H24N2O4S/c1-9(2)7-11(12(15)16)13-19(17,18)14-6-4-5-10(3)8-14/h9-11,13H,4-8H2,1-3H3,(H,15,16). The van der Waals surface area contributed by atoms with Gasteiger partial charge in [0.15, 0.2) is 0 Å². The third-order valence-corrected chi connectivity index (χ3v) is 4.85. The third-order valence-electron chi connectivity index (χ3n) is 3.26. The Kier molecular flexibility index (Phi) is 5.76. The zero-order chi connectivity index (χ0) is 14.6. The van der Waals surface area contributed by atoms with Gasteiger partial charge in [0.25, 0.3) is 10.2 Å². The summed E-state index contributed by atoms with van der Waals surface area (Å²) in [6, 6.07) is -1.05. The first-order valence-electron chi connectivity index (χ1n) is 6.72. The summed E-state index contributed by atoms with van der Waals surface area (Å²) in [6.07, 6.45) is 2.13. The van der Waals surface area contributed by atoms with Gasteiger partial charge in [-0.15, -0.1) is 0 Å². The van der Waals surface area contributed by atoms with Crippen molar-refractivity contribution in [1.29, 1.82) is 0 Å². The van der Waals surface area contributed by atoms with Crippen LogP contribution in [0.25, 0.3) is 0 Å². The van der Waals surface area contributed by atoms with Crippen molar-refractivity contribution in [3.05, 3.63) is 0 Å². The number of nitrogens with zero attached hydrogens (tertiary/aromatic N) is 1. The number of carbonyl (C=O) groups is 1. The molecule has 2 atom stereocenters. The largest absolute Gasteiger partial charge is 0.480 e. The topological polar surface area (TPSA) is 86.7 Å². The Labute approximate surface area is 115 Å². The highest BCUT2D eigenvalue weighted by atomic mass is 32.2. The number of nitrogens with one attached hydrogen (secondary N) is 1. The Morgan fingerprint density at radius 3 is 2.58 bits per heavy atom. The quantitative estimate of drug-likeness (QED) is 0.766. The van der Waals surface area contributed by atoms with Crippen LogP contribution in [0.3, 0.4) is 0 Å². The smallest absolute Gasteiger partial charge is 0.321 e. The fraction of sp³-hybridized carbons (Fsp3) is 0.917. The van der Waals surface area contributed by atoms with Gasteiger partial charge < -0.3 is 5.11 Å². The molecule has 1 aliphatic heterocycles. The van der Waals surface area contributed by atoms with E-state index in [1.54, 1.807) is 0 Å². The molecule has 0 aromatic rings. The number of rotatable bonds is 6. The van der Waals surface area contributed by atoms with Crippen LogP contribution in [0.2, 0.25) is 0 Å². The van der Waals surface area contributed by atoms with E-state index in [1.807, 2.05) is 20.8 Å². The monoisotopic (exact) mass is 292 g/mol. The lowest BCUT2D eigenvalue weighted by atomic mass is 10.0. The molecular weight excluding hydrogens is 268 g/mol. The van der Waals surface area contributed by atoms with E-state index >= 15 is 0 Å². The lowest BCUT2D eigenvalue weighted by Gasteiger charge is -2.31. The molecule has 112 valence electrons. The summed E-state index contributed by atoms with van der Waals surface area (Å²) >= 11 is 0. The van der Waals surface area contributed by atoms with E-state index < -0.39 is 22.2 Å². The van der Waals surface area contributed by atoms with Gasteiger partial charge in [-0.2, -0.15) is 17.4 Å². The summed E-state index contributed by atoms with van der Waals surface area (Å²) in [5, 5.41) is 9.09. The molecule has 2 N–H and O–H groups in total. The van der Waals surface area contributed by atoms with Crippen LogP contribution in [-0.2, 0) is 15.0 Å². The van der Waals surface area contributed by atoms with E-state index in [0.717, 1.165) is 12.8 Å². The minimum absolute atomic E-state index is 0.115. The van der Waals surface area contributed by atoms with Crippen LogP contribution in [0.1, 0.15) is 40.0 Å². The summed E-state index contributed by atoms with van der Waals surface area (Å²) in [5.41, 5.74) is 0. The second kappa shape index (κ2) is 6.67. The molecule has 2 unspecified atom stereocenters. The molecule has 6 nitrogen and oxygen atoms in total. The molecule has 0 amide bonds. The van der Waals surface area contributed by atoms with Crippen molar-refractivity contribution in [1.82, 2.24) is 9.03 Å². The summed E-state index contributed by atoms with van der Waals surface area (Å²) < 4.78 is 28.0. The molecule has 0 aliphatic carbocycles. The van der Waals surface area contributed by atoms with Crippen molar-refractivity contribution in [2.45, 2.75) is 46.1 Å². The second-order valence-electron chi connectivity index (χ2n) is 5.75. The minimum atomic E-state index is -3.70. The Balaban J connectivity index is 2.73. The molecule has 0 aromatic heterocycles. The SMILES string of the molecule is CC(C)CC(NS(=O)(=O)N1CCCC(C)C1)C(=O)O. The van der Waals surface area contributed by atoms with Gasteiger partial charge in [0, 0.05) is 13.1 Å². The predicted molar refractivity (Wildman–Crippen MR) is 72.9 cm³/mol. The van der Waals surface area contributed by atoms with Crippen LogP contribution in [0.4, 0.5) is 0 Å². The van der Waals surface area contributed by atoms with Crippen molar-refractivity contribution < 1.29 is 18.3 Å². The Hall–Kier alpha value is -0.660. The molecule has 0 radical (unpaired) electrons. The molecule has 7 heteroatoms. The van der Waals surface area contributed by atoms with Crippen molar-refractivity contribution >= 4 is 16.2 Å². The summed E-state index contributed by atoms with van der Waals surface area (Å²) in [5.74, 6) is -0.690. The van der Waals surface area contributed by atoms with E-state index in [9.17, 15) is 13.2 Å². The molecule has 0 spiro atoms. The highest BCUT2D eigenvalue weighted by molar-refractivity contribution is 7.87. The molecule has 0 aromatic carbocycles. The Morgan fingerprint density at radius 1 is 1.47 bits per heavy atom. The fourth-order valence-electron chi connectivity index (χ4n) is 2.29. The molecule has 1 rings (SSSR count). The van der Waals surface area contributed by atoms with E-state index in [4.69, 9.17) is 5.11 Å². The van der Waals surface area contributed by atoms with Gasteiger partial charge in [0.2, 0.25) is 0 Å². The molecule has 0 bridgehead atoms. The number of aliphatic carboxylic acids is 1. The average Bonchev–Trinajstić information content (AvgIpc) is 2.27. The fourth-order valence-corrected chi connectivity index (χ4v) is 3.82. The first-order valence-corrected chi connectivity index (χ1v) is 8.16. The first-order chi connectivity index (χ1) is 8.72. The molecule has 1 heterocycles. The van der Waals surface area contributed by atoms with Crippen molar-refractivity contribution in [3.63, 3.8) is 0 Å². The van der Waals surface area contributed by atoms with Crippen LogP contribution in [-0.4, -0.2) is 42.9 Å². The number of carboxylic acid groups (broad SMARTS) is 1. The highest BCUT2D eigenvalue weighted by Crippen LogP contribution is 2.18. The summed E-state index contributed by atoms with van der Waals surface area (Å²) in [4.78, 5) is 11.1. The van der Waals surface area contributed by atoms with Crippen molar-refractivity contribution in [2.24, 2.45) is 11.8 Å². The lowest BCUT2D eigenvalue weighted by Crippen LogP contribution is -2.51. The van der Waals surface area contributed by atoms with E-state index in [2.05, 4.69) is 4.72 Å². The maximum absolute atomic E-state index is 12.2. The van der Waals surface area contributed by atoms with Crippen LogP contribution in [0.5, 0.6) is 0 Å². The minimum Gasteiger partial charge on any atom is -0.480 e. The molecule has 1 fully saturated rings. The maximum atomic E-state index is 12.2. The first kappa shape index (κ1) is 16.4. The van der Waals surface area contributed by atoms with E-state index in [-0.39, 0.29) is 12.3 Å². The Morgan fingerprint density at radius 2 is 2.11 bits per heavy atom. The number of hydrogen-bond acceptors (Lipinski definition) is 3. The zero-order valence-electron chi connectivity index (χ0n) is 11.8. The van der Waals surface area contributed by atoms with Gasteiger partial charge in [-0.1, -0.05) is 20.8 Å². The van der Waals surface area contributed by atoms with Gasteiger partial charge in [0.1, 0.15) is 6.04 Å². The molecule has 19 heavy (non-hydrogen) atoms. The maximum Gasteiger partial charge on any atom is 0.321 e. The van der Waals surface area contributed by atoms with Crippen molar-refractivity contribution in [2.75, 3.05) is 13.1 Å². The zero-order valence-corrected chi connectivity index (χ0v) is 12.6. The van der Waals surface area contributed by atoms with Crippen LogP contribution in [0.15, 0.2) is 0 Å². The Bertz CT molecular complexity index is 408. The second-order valence-corrected chi connectivity index (χ2v) is 7.45. The average molecular weight is 292 g/mol. The lowest BCUT2D eigenvalue weighted by molar-refractivity contribution is -0.139. The molecule has 1 saturated heterocycles. The van der Waals surface area contributed by atoms with Crippen LogP contribution >= 0.6 is 0 Å². The summed E-state index contributed by atoms with van der Waals surface area (Å²) in [6.45, 7) is 6.67. The number of hydrogen-bond donors (Lipinski definition) is 2. The van der Waals surface area contributed by atoms with Gasteiger partial charge in [-0.25, -0.2) is 0 Å². The third kappa shape index (κ3) is 5.08. The number of carboxylic acids is 1. The van der Waals surface area contributed by atoms with Crippen molar-refractivity contribution in [3.8, 4) is 0 Å². The van der Waals surface area contributed by atoms with Gasteiger partial charge >= 0.3 is 5.97 Å². The molecule has 0 saturated carbocycles. The number of piperidine rings is 1. The van der Waals surface area contributed by atoms with Crippen LogP contribution < -0.4 is 4.72 Å². The van der Waals surface area contributed by atoms with E-state index in [1.165, 1.54) is 4.31 Å². The van der Waals surface area contributed by atoms with Gasteiger partial charge in [-0.3, -0.25) is 4.79 Å².